The first-order valence-electron chi connectivity index (χ1n) is 7.04. The molecule has 0 saturated carbocycles. The summed E-state index contributed by atoms with van der Waals surface area (Å²) >= 11 is 12.2. The van der Waals surface area contributed by atoms with Crippen molar-refractivity contribution in [3.8, 4) is 5.75 Å². The van der Waals surface area contributed by atoms with Crippen molar-refractivity contribution >= 4 is 33.2 Å². The van der Waals surface area contributed by atoms with Crippen LogP contribution in [0.15, 0.2) is 47.4 Å². The average Bonchev–Trinajstić information content (AvgIpc) is 2.51. The van der Waals surface area contributed by atoms with Crippen LogP contribution in [0.25, 0.3) is 0 Å². The molecule has 2 aromatic carbocycles. The Morgan fingerprint density at radius 1 is 1.13 bits per heavy atom. The van der Waals surface area contributed by atoms with Crippen molar-refractivity contribution in [1.82, 2.24) is 4.72 Å². The minimum Gasteiger partial charge on any atom is -0.492 e. The Hall–Kier alpha value is -1.27. The standard InChI is InChI=1S/C16H17Cl2NO3S/c1-3-22-15-9-14(18)16(10-13(15)17)23(20,21)19-11(2)12-7-5-4-6-8-12/h4-11,19H,3H2,1-2H3. The molecule has 0 aliphatic rings. The highest BCUT2D eigenvalue weighted by Gasteiger charge is 2.23. The Kier molecular flexibility index (Phi) is 5.92. The SMILES string of the molecule is CCOc1cc(Cl)c(S(=O)(=O)NC(C)c2ccccc2)cc1Cl. The van der Waals surface area contributed by atoms with E-state index in [1.165, 1.54) is 12.1 Å². The third-order valence-electron chi connectivity index (χ3n) is 3.21. The summed E-state index contributed by atoms with van der Waals surface area (Å²) in [5, 5.41) is 0.259. The Bertz CT molecular complexity index is 779. The van der Waals surface area contributed by atoms with E-state index in [4.69, 9.17) is 27.9 Å². The first kappa shape index (κ1) is 18.1. The molecular formula is C16H17Cl2NO3S. The van der Waals surface area contributed by atoms with Crippen LogP contribution in [-0.2, 0) is 10.0 Å². The monoisotopic (exact) mass is 373 g/mol. The van der Waals surface area contributed by atoms with E-state index in [1.54, 1.807) is 13.8 Å². The summed E-state index contributed by atoms with van der Waals surface area (Å²) in [7, 11) is -3.81. The van der Waals surface area contributed by atoms with Gasteiger partial charge in [-0.25, -0.2) is 13.1 Å². The number of hydrogen-bond acceptors (Lipinski definition) is 3. The smallest absolute Gasteiger partial charge is 0.242 e. The van der Waals surface area contributed by atoms with Gasteiger partial charge < -0.3 is 4.74 Å². The first-order chi connectivity index (χ1) is 10.8. The summed E-state index contributed by atoms with van der Waals surface area (Å²) in [6, 6.07) is 11.6. The molecule has 1 unspecified atom stereocenters. The largest absolute Gasteiger partial charge is 0.492 e. The predicted molar refractivity (Wildman–Crippen MR) is 92.8 cm³/mol. The Morgan fingerprint density at radius 3 is 2.39 bits per heavy atom. The Labute approximate surface area is 146 Å². The minimum absolute atomic E-state index is 0.0608. The van der Waals surface area contributed by atoms with Crippen LogP contribution in [-0.4, -0.2) is 15.0 Å². The minimum atomic E-state index is -3.81. The fourth-order valence-corrected chi connectivity index (χ4v) is 4.15. The molecule has 0 heterocycles. The second-order valence-electron chi connectivity index (χ2n) is 4.90. The van der Waals surface area contributed by atoms with Crippen molar-refractivity contribution in [2.75, 3.05) is 6.61 Å². The van der Waals surface area contributed by atoms with Gasteiger partial charge in [-0.3, -0.25) is 0 Å². The third-order valence-corrected chi connectivity index (χ3v) is 5.51. The van der Waals surface area contributed by atoms with E-state index in [1.807, 2.05) is 30.3 Å². The van der Waals surface area contributed by atoms with Crippen LogP contribution in [0.3, 0.4) is 0 Å². The summed E-state index contributed by atoms with van der Waals surface area (Å²) in [6.45, 7) is 3.97. The summed E-state index contributed by atoms with van der Waals surface area (Å²) in [6.07, 6.45) is 0. The van der Waals surface area contributed by atoms with Crippen LogP contribution in [0, 0.1) is 0 Å². The molecule has 23 heavy (non-hydrogen) atoms. The highest BCUT2D eigenvalue weighted by atomic mass is 35.5. The van der Waals surface area contributed by atoms with E-state index in [-0.39, 0.29) is 14.9 Å². The second kappa shape index (κ2) is 7.53. The lowest BCUT2D eigenvalue weighted by Gasteiger charge is -2.16. The van der Waals surface area contributed by atoms with Gasteiger partial charge in [0.15, 0.2) is 0 Å². The number of hydrogen-bond donors (Lipinski definition) is 1. The van der Waals surface area contributed by atoms with Crippen molar-refractivity contribution < 1.29 is 13.2 Å². The van der Waals surface area contributed by atoms with Crippen molar-refractivity contribution in [2.24, 2.45) is 0 Å². The lowest BCUT2D eigenvalue weighted by molar-refractivity contribution is 0.340. The van der Waals surface area contributed by atoms with Gasteiger partial charge in [0.05, 0.1) is 16.7 Å². The number of nitrogens with one attached hydrogen (secondary N) is 1. The van der Waals surface area contributed by atoms with Gasteiger partial charge in [-0.2, -0.15) is 0 Å². The number of ether oxygens (including phenoxy) is 1. The zero-order valence-electron chi connectivity index (χ0n) is 12.7. The number of benzene rings is 2. The molecule has 0 amide bonds. The molecule has 0 radical (unpaired) electrons. The van der Waals surface area contributed by atoms with Crippen LogP contribution in [0.4, 0.5) is 0 Å². The molecule has 0 fully saturated rings. The molecule has 124 valence electrons. The third kappa shape index (κ3) is 4.38. The van der Waals surface area contributed by atoms with Crippen molar-refractivity contribution in [3.05, 3.63) is 58.1 Å². The maximum Gasteiger partial charge on any atom is 0.242 e. The molecule has 1 N–H and O–H groups in total. The molecule has 7 heteroatoms. The molecule has 4 nitrogen and oxygen atoms in total. The predicted octanol–water partition coefficient (Wildman–Crippen LogP) is 4.43. The fraction of sp³-hybridized carbons (Fsp3) is 0.250. The molecule has 0 spiro atoms. The lowest BCUT2D eigenvalue weighted by Crippen LogP contribution is -2.27. The van der Waals surface area contributed by atoms with E-state index < -0.39 is 16.1 Å². The van der Waals surface area contributed by atoms with Crippen molar-refractivity contribution in [3.63, 3.8) is 0 Å². The zero-order chi connectivity index (χ0) is 17.0. The first-order valence-corrected chi connectivity index (χ1v) is 9.28. The van der Waals surface area contributed by atoms with Gasteiger partial charge in [0.1, 0.15) is 10.6 Å². The van der Waals surface area contributed by atoms with Gasteiger partial charge >= 0.3 is 0 Å². The van der Waals surface area contributed by atoms with E-state index in [9.17, 15) is 8.42 Å². The van der Waals surface area contributed by atoms with Crippen LogP contribution in [0.5, 0.6) is 5.75 Å². The van der Waals surface area contributed by atoms with Gasteiger partial charge in [0, 0.05) is 12.1 Å². The van der Waals surface area contributed by atoms with E-state index in [0.717, 1.165) is 5.56 Å². The summed E-state index contributed by atoms with van der Waals surface area (Å²) in [5.74, 6) is 0.356. The maximum absolute atomic E-state index is 12.6. The molecule has 1 atom stereocenters. The maximum atomic E-state index is 12.6. The number of rotatable bonds is 6. The topological polar surface area (TPSA) is 55.4 Å². The second-order valence-corrected chi connectivity index (χ2v) is 7.40. The Balaban J connectivity index is 2.31. The van der Waals surface area contributed by atoms with E-state index in [0.29, 0.717) is 12.4 Å². The molecule has 0 aliphatic carbocycles. The quantitative estimate of drug-likeness (QED) is 0.814. The number of halogens is 2. The van der Waals surface area contributed by atoms with Gasteiger partial charge in [-0.1, -0.05) is 53.5 Å². The molecule has 2 aromatic rings. The summed E-state index contributed by atoms with van der Waals surface area (Å²) < 4.78 is 33.0. The average molecular weight is 374 g/mol. The highest BCUT2D eigenvalue weighted by molar-refractivity contribution is 7.89. The summed E-state index contributed by atoms with van der Waals surface area (Å²) in [4.78, 5) is -0.0737. The van der Waals surface area contributed by atoms with Gasteiger partial charge in [-0.05, 0) is 25.5 Å². The molecule has 0 bridgehead atoms. The van der Waals surface area contributed by atoms with Crippen LogP contribution >= 0.6 is 23.2 Å². The molecular weight excluding hydrogens is 357 g/mol. The molecule has 0 saturated heterocycles. The molecule has 0 aliphatic heterocycles. The van der Waals surface area contributed by atoms with Crippen LogP contribution in [0.1, 0.15) is 25.5 Å². The zero-order valence-corrected chi connectivity index (χ0v) is 15.0. The fourth-order valence-electron chi connectivity index (χ4n) is 2.09. The van der Waals surface area contributed by atoms with Gasteiger partial charge in [0.2, 0.25) is 10.0 Å². The highest BCUT2D eigenvalue weighted by Crippen LogP contribution is 2.34. The van der Waals surface area contributed by atoms with Gasteiger partial charge in [-0.15, -0.1) is 0 Å². The van der Waals surface area contributed by atoms with Crippen molar-refractivity contribution in [1.29, 1.82) is 0 Å². The van der Waals surface area contributed by atoms with E-state index in [2.05, 4.69) is 4.72 Å². The number of sulfonamides is 1. The molecule has 0 aromatic heterocycles. The van der Waals surface area contributed by atoms with Gasteiger partial charge in [0.25, 0.3) is 0 Å². The van der Waals surface area contributed by atoms with Crippen LogP contribution in [0.2, 0.25) is 10.0 Å². The lowest BCUT2D eigenvalue weighted by atomic mass is 10.1. The van der Waals surface area contributed by atoms with Crippen molar-refractivity contribution in [2.45, 2.75) is 24.8 Å². The normalized spacial score (nSPS) is 12.9. The summed E-state index contributed by atoms with van der Waals surface area (Å²) in [5.41, 5.74) is 0.851. The van der Waals surface area contributed by atoms with E-state index >= 15 is 0 Å². The van der Waals surface area contributed by atoms with Crippen LogP contribution < -0.4 is 9.46 Å². The molecule has 2 rings (SSSR count). The Morgan fingerprint density at radius 2 is 1.78 bits per heavy atom.